The normalized spacial score (nSPS) is 19.7. The Morgan fingerprint density at radius 3 is 2.75 bits per heavy atom. The van der Waals surface area contributed by atoms with E-state index in [1.165, 1.54) is 6.42 Å². The van der Waals surface area contributed by atoms with Crippen LogP contribution < -0.4 is 5.32 Å². The second-order valence-corrected chi connectivity index (χ2v) is 3.42. The summed E-state index contributed by atoms with van der Waals surface area (Å²) in [6.07, 6.45) is 3.33. The fourth-order valence-corrected chi connectivity index (χ4v) is 1.43. The molecule has 0 atom stereocenters. The van der Waals surface area contributed by atoms with Gasteiger partial charge in [-0.25, -0.2) is 0 Å². The van der Waals surface area contributed by atoms with Gasteiger partial charge in [-0.05, 0) is 12.8 Å². The molecule has 1 aliphatic rings. The van der Waals surface area contributed by atoms with Crippen LogP contribution in [0.15, 0.2) is 0 Å². The maximum absolute atomic E-state index is 8.87. The molecule has 68 valence electrons. The molecule has 12 heavy (non-hydrogen) atoms. The lowest BCUT2D eigenvalue weighted by molar-refractivity contribution is 0.176. The summed E-state index contributed by atoms with van der Waals surface area (Å²) in [6.45, 7) is 2.40. The minimum Gasteiger partial charge on any atom is -0.383 e. The van der Waals surface area contributed by atoms with Crippen molar-refractivity contribution in [3.63, 3.8) is 0 Å². The number of hydrogen-bond acceptors (Lipinski definition) is 3. The number of nitrogens with one attached hydrogen (secondary N) is 1. The average molecular weight is 168 g/mol. The van der Waals surface area contributed by atoms with Gasteiger partial charge >= 0.3 is 0 Å². The van der Waals surface area contributed by atoms with Crippen LogP contribution in [0.1, 0.15) is 19.3 Å². The van der Waals surface area contributed by atoms with Gasteiger partial charge in [0.05, 0.1) is 18.1 Å². The molecule has 0 saturated heterocycles. The summed E-state index contributed by atoms with van der Waals surface area (Å²) in [7, 11) is 1.69. The molecule has 0 amide bonds. The van der Waals surface area contributed by atoms with E-state index < -0.39 is 0 Å². The molecular weight excluding hydrogens is 152 g/mol. The molecule has 0 aromatic heterocycles. The lowest BCUT2D eigenvalue weighted by Crippen LogP contribution is -2.39. The molecule has 0 unspecified atom stereocenters. The highest BCUT2D eigenvalue weighted by Crippen LogP contribution is 2.39. The third kappa shape index (κ3) is 2.20. The number of ether oxygens (including phenoxy) is 1. The summed E-state index contributed by atoms with van der Waals surface area (Å²) >= 11 is 0. The average Bonchev–Trinajstić information content (AvgIpc) is 2.02. The van der Waals surface area contributed by atoms with Crippen LogP contribution in [0.25, 0.3) is 0 Å². The van der Waals surface area contributed by atoms with Gasteiger partial charge in [0.25, 0.3) is 0 Å². The third-order valence-corrected chi connectivity index (χ3v) is 2.49. The van der Waals surface area contributed by atoms with E-state index in [-0.39, 0.29) is 5.41 Å². The SMILES string of the molecule is COCCNCC1(C#N)CCC1. The van der Waals surface area contributed by atoms with E-state index >= 15 is 0 Å². The smallest absolute Gasteiger partial charge is 0.0703 e. The molecule has 0 bridgehead atoms. The number of hydrogen-bond donors (Lipinski definition) is 1. The molecule has 0 spiro atoms. The van der Waals surface area contributed by atoms with Crippen LogP contribution in [0.2, 0.25) is 0 Å². The molecule has 1 fully saturated rings. The summed E-state index contributed by atoms with van der Waals surface area (Å²) < 4.78 is 4.90. The Labute approximate surface area is 73.7 Å². The zero-order chi connectivity index (χ0) is 8.86. The summed E-state index contributed by atoms with van der Waals surface area (Å²) in [4.78, 5) is 0. The highest BCUT2D eigenvalue weighted by atomic mass is 16.5. The van der Waals surface area contributed by atoms with Crippen LogP contribution in [-0.2, 0) is 4.74 Å². The quantitative estimate of drug-likeness (QED) is 0.621. The van der Waals surface area contributed by atoms with Crippen LogP contribution in [0.4, 0.5) is 0 Å². The molecule has 0 radical (unpaired) electrons. The Morgan fingerprint density at radius 1 is 1.58 bits per heavy atom. The molecule has 3 heteroatoms. The van der Waals surface area contributed by atoms with Crippen LogP contribution in [0, 0.1) is 16.7 Å². The van der Waals surface area contributed by atoms with E-state index in [1.54, 1.807) is 7.11 Å². The summed E-state index contributed by atoms with van der Waals surface area (Å²) in [6, 6.07) is 2.39. The molecular formula is C9H16N2O. The van der Waals surface area contributed by atoms with Crippen molar-refractivity contribution >= 4 is 0 Å². The minimum atomic E-state index is -0.0479. The van der Waals surface area contributed by atoms with Crippen molar-refractivity contribution in [1.29, 1.82) is 5.26 Å². The fraction of sp³-hybridized carbons (Fsp3) is 0.889. The first-order valence-electron chi connectivity index (χ1n) is 4.44. The van der Waals surface area contributed by atoms with E-state index in [0.717, 1.165) is 32.5 Å². The second-order valence-electron chi connectivity index (χ2n) is 3.42. The minimum absolute atomic E-state index is 0.0479. The number of rotatable bonds is 5. The molecule has 0 aliphatic heterocycles. The van der Waals surface area contributed by atoms with Gasteiger partial charge in [-0.15, -0.1) is 0 Å². The molecule has 1 rings (SSSR count). The van der Waals surface area contributed by atoms with Crippen molar-refractivity contribution in [3.05, 3.63) is 0 Å². The highest BCUT2D eigenvalue weighted by molar-refractivity contribution is 5.05. The fourth-order valence-electron chi connectivity index (χ4n) is 1.43. The van der Waals surface area contributed by atoms with Crippen LogP contribution in [0.3, 0.4) is 0 Å². The zero-order valence-corrected chi connectivity index (χ0v) is 7.60. The Hall–Kier alpha value is -0.590. The van der Waals surface area contributed by atoms with E-state index in [9.17, 15) is 0 Å². The summed E-state index contributed by atoms with van der Waals surface area (Å²) in [5.41, 5.74) is -0.0479. The Balaban J connectivity index is 2.09. The largest absolute Gasteiger partial charge is 0.383 e. The Morgan fingerprint density at radius 2 is 2.33 bits per heavy atom. The predicted octanol–water partition coefficient (Wildman–Crippen LogP) is 0.916. The first-order valence-corrected chi connectivity index (χ1v) is 4.44. The summed E-state index contributed by atoms with van der Waals surface area (Å²) in [5, 5.41) is 12.1. The first-order chi connectivity index (χ1) is 5.83. The molecule has 0 aromatic rings. The Bertz CT molecular complexity index is 170. The van der Waals surface area contributed by atoms with Gasteiger partial charge in [-0.1, -0.05) is 6.42 Å². The number of nitriles is 1. The Kier molecular flexibility index (Phi) is 3.51. The standard InChI is InChI=1S/C9H16N2O/c1-12-6-5-11-8-9(7-10)3-2-4-9/h11H,2-6,8H2,1H3. The van der Waals surface area contributed by atoms with Crippen LogP contribution in [0.5, 0.6) is 0 Å². The van der Waals surface area contributed by atoms with Gasteiger partial charge in [0, 0.05) is 20.2 Å². The van der Waals surface area contributed by atoms with Crippen LogP contribution >= 0.6 is 0 Å². The second kappa shape index (κ2) is 4.44. The third-order valence-electron chi connectivity index (χ3n) is 2.49. The van der Waals surface area contributed by atoms with Gasteiger partial charge in [0.15, 0.2) is 0 Å². The summed E-state index contributed by atoms with van der Waals surface area (Å²) in [5.74, 6) is 0. The van der Waals surface area contributed by atoms with Gasteiger partial charge in [0.2, 0.25) is 0 Å². The molecule has 3 nitrogen and oxygen atoms in total. The maximum Gasteiger partial charge on any atom is 0.0703 e. The van der Waals surface area contributed by atoms with E-state index in [1.807, 2.05) is 0 Å². The maximum atomic E-state index is 8.87. The lowest BCUT2D eigenvalue weighted by atomic mass is 9.70. The molecule has 1 N–H and O–H groups in total. The van der Waals surface area contributed by atoms with Gasteiger partial charge in [-0.3, -0.25) is 0 Å². The van der Waals surface area contributed by atoms with Crippen LogP contribution in [-0.4, -0.2) is 26.8 Å². The molecule has 1 aliphatic carbocycles. The van der Waals surface area contributed by atoms with E-state index in [4.69, 9.17) is 10.00 Å². The number of methoxy groups -OCH3 is 1. The van der Waals surface area contributed by atoms with Crippen molar-refractivity contribution in [1.82, 2.24) is 5.32 Å². The van der Waals surface area contributed by atoms with Crippen molar-refractivity contribution < 1.29 is 4.74 Å². The van der Waals surface area contributed by atoms with Gasteiger partial charge < -0.3 is 10.1 Å². The van der Waals surface area contributed by atoms with Crippen molar-refractivity contribution in [2.45, 2.75) is 19.3 Å². The molecule has 0 aromatic carbocycles. The predicted molar refractivity (Wildman–Crippen MR) is 46.6 cm³/mol. The van der Waals surface area contributed by atoms with E-state index in [2.05, 4.69) is 11.4 Å². The van der Waals surface area contributed by atoms with E-state index in [0.29, 0.717) is 0 Å². The monoisotopic (exact) mass is 168 g/mol. The van der Waals surface area contributed by atoms with Gasteiger partial charge in [-0.2, -0.15) is 5.26 Å². The van der Waals surface area contributed by atoms with Gasteiger partial charge in [0.1, 0.15) is 0 Å². The zero-order valence-electron chi connectivity index (χ0n) is 7.60. The highest BCUT2D eigenvalue weighted by Gasteiger charge is 2.36. The number of nitrogens with zero attached hydrogens (tertiary/aromatic N) is 1. The van der Waals surface area contributed by atoms with Crippen molar-refractivity contribution in [3.8, 4) is 6.07 Å². The molecule has 1 saturated carbocycles. The lowest BCUT2D eigenvalue weighted by Gasteiger charge is -2.35. The van der Waals surface area contributed by atoms with Crippen molar-refractivity contribution in [2.75, 3.05) is 26.8 Å². The molecule has 0 heterocycles. The van der Waals surface area contributed by atoms with Crippen molar-refractivity contribution in [2.24, 2.45) is 5.41 Å². The topological polar surface area (TPSA) is 45.0 Å². The first kappa shape index (κ1) is 9.50.